The molecule has 4 amide bonds. The summed E-state index contributed by atoms with van der Waals surface area (Å²) in [5.41, 5.74) is 6.48. The van der Waals surface area contributed by atoms with Gasteiger partial charge in [0.25, 0.3) is 0 Å². The molecule has 0 aliphatic heterocycles. The first-order chi connectivity index (χ1) is 17.7. The Balaban J connectivity index is 2.31. The highest BCUT2D eigenvalue weighted by molar-refractivity contribution is 5.94. The van der Waals surface area contributed by atoms with E-state index in [1.807, 2.05) is 52.0 Å². The number of alkyl carbamates (subject to hydrolysis) is 1. The van der Waals surface area contributed by atoms with Crippen molar-refractivity contribution < 1.29 is 23.9 Å². The molecule has 2 aromatic rings. The van der Waals surface area contributed by atoms with E-state index in [4.69, 9.17) is 10.5 Å². The minimum atomic E-state index is -1.02. The lowest BCUT2D eigenvalue weighted by Gasteiger charge is -2.28. The first-order valence-corrected chi connectivity index (χ1v) is 13.2. The molecule has 0 saturated carbocycles. The Morgan fingerprint density at radius 2 is 1.63 bits per heavy atom. The number of hydrogen-bond donors (Lipinski definition) is 5. The van der Waals surface area contributed by atoms with E-state index >= 15 is 0 Å². The summed E-state index contributed by atoms with van der Waals surface area (Å²) in [6.07, 6.45) is 2.19. The Morgan fingerprint density at radius 3 is 2.21 bits per heavy atom. The molecule has 1 aromatic heterocycles. The van der Waals surface area contributed by atoms with Crippen molar-refractivity contribution in [3.63, 3.8) is 0 Å². The third kappa shape index (κ3) is 9.08. The van der Waals surface area contributed by atoms with Gasteiger partial charge >= 0.3 is 6.09 Å². The fraction of sp³-hybridized carbons (Fsp3) is 0.571. The molecule has 6 N–H and O–H groups in total. The summed E-state index contributed by atoms with van der Waals surface area (Å²) in [7, 11) is 0. The lowest BCUT2D eigenvalue weighted by Crippen LogP contribution is -2.58. The number of fused-ring (bicyclic) bond motifs is 1. The van der Waals surface area contributed by atoms with Crippen molar-refractivity contribution in [2.45, 2.75) is 91.5 Å². The molecule has 0 spiro atoms. The number of nitrogens with two attached hydrogens (primary N) is 1. The van der Waals surface area contributed by atoms with Crippen LogP contribution in [0.2, 0.25) is 0 Å². The zero-order chi connectivity index (χ0) is 28.6. The average molecular weight is 530 g/mol. The molecule has 210 valence electrons. The molecular formula is C28H43N5O5. The molecule has 0 bridgehead atoms. The van der Waals surface area contributed by atoms with Crippen LogP contribution in [0.1, 0.15) is 66.9 Å². The molecule has 0 aliphatic rings. The number of carbonyl (C=O) groups is 4. The molecule has 0 unspecified atom stereocenters. The number of nitrogens with one attached hydrogen (secondary N) is 4. The second-order valence-electron chi connectivity index (χ2n) is 11.2. The standard InChI is InChI=1S/C28H43N5O5/c1-8-17(4)23(26(36)31-21(24(29)34)13-16(2)3)33-25(35)22(32-27(37)38-28(5,6)7)14-18-15-30-20-12-10-9-11-19(18)20/h9-12,15-17,21-23,30H,8,13-14H2,1-7H3,(H2,29,34)(H,31,36)(H,32,37)(H,33,35)/t17-,21+,22-,23+/m1/s1. The van der Waals surface area contributed by atoms with E-state index in [2.05, 4.69) is 20.9 Å². The van der Waals surface area contributed by atoms with Crippen LogP contribution in [-0.4, -0.2) is 52.5 Å². The van der Waals surface area contributed by atoms with Crippen molar-refractivity contribution >= 4 is 34.7 Å². The number of rotatable bonds is 12. The summed E-state index contributed by atoms with van der Waals surface area (Å²) in [6, 6.07) is 4.83. The number of hydrogen-bond acceptors (Lipinski definition) is 5. The van der Waals surface area contributed by atoms with Gasteiger partial charge in [-0.3, -0.25) is 14.4 Å². The van der Waals surface area contributed by atoms with E-state index in [1.165, 1.54) is 0 Å². The van der Waals surface area contributed by atoms with Crippen LogP contribution >= 0.6 is 0 Å². The van der Waals surface area contributed by atoms with Gasteiger partial charge in [-0.05, 0) is 50.7 Å². The quantitative estimate of drug-likeness (QED) is 0.286. The molecule has 0 aliphatic carbocycles. The minimum absolute atomic E-state index is 0.128. The van der Waals surface area contributed by atoms with Gasteiger partial charge in [-0.15, -0.1) is 0 Å². The topological polar surface area (TPSA) is 155 Å². The largest absolute Gasteiger partial charge is 0.444 e. The van der Waals surface area contributed by atoms with Crippen molar-refractivity contribution in [2.75, 3.05) is 0 Å². The van der Waals surface area contributed by atoms with Gasteiger partial charge in [-0.25, -0.2) is 4.79 Å². The molecule has 0 saturated heterocycles. The maximum absolute atomic E-state index is 13.6. The highest BCUT2D eigenvalue weighted by atomic mass is 16.6. The summed E-state index contributed by atoms with van der Waals surface area (Å²) >= 11 is 0. The Morgan fingerprint density at radius 1 is 0.974 bits per heavy atom. The molecule has 1 heterocycles. The summed E-state index contributed by atoms with van der Waals surface area (Å²) in [5.74, 6) is -1.80. The van der Waals surface area contributed by atoms with Gasteiger partial charge in [0.15, 0.2) is 0 Å². The van der Waals surface area contributed by atoms with Crippen molar-refractivity contribution in [3.05, 3.63) is 36.0 Å². The van der Waals surface area contributed by atoms with Crippen LogP contribution in [0, 0.1) is 11.8 Å². The average Bonchev–Trinajstić information content (AvgIpc) is 3.22. The van der Waals surface area contributed by atoms with Crippen LogP contribution in [0.25, 0.3) is 10.9 Å². The molecule has 0 radical (unpaired) electrons. The summed E-state index contributed by atoms with van der Waals surface area (Å²) in [4.78, 5) is 54.6. The van der Waals surface area contributed by atoms with E-state index in [1.54, 1.807) is 27.0 Å². The summed E-state index contributed by atoms with van der Waals surface area (Å²) in [6.45, 7) is 12.8. The Bertz CT molecular complexity index is 1120. The predicted octanol–water partition coefficient (Wildman–Crippen LogP) is 3.15. The van der Waals surface area contributed by atoms with Gasteiger partial charge in [-0.2, -0.15) is 0 Å². The highest BCUT2D eigenvalue weighted by Gasteiger charge is 2.33. The van der Waals surface area contributed by atoms with Crippen LogP contribution in [0.3, 0.4) is 0 Å². The van der Waals surface area contributed by atoms with E-state index in [-0.39, 0.29) is 18.3 Å². The van der Waals surface area contributed by atoms with Crippen molar-refractivity contribution in [2.24, 2.45) is 17.6 Å². The van der Waals surface area contributed by atoms with Crippen molar-refractivity contribution in [1.29, 1.82) is 0 Å². The van der Waals surface area contributed by atoms with Gasteiger partial charge in [0.2, 0.25) is 17.7 Å². The molecule has 10 heteroatoms. The minimum Gasteiger partial charge on any atom is -0.444 e. The van der Waals surface area contributed by atoms with E-state index in [9.17, 15) is 19.2 Å². The van der Waals surface area contributed by atoms with Gasteiger partial charge in [0.1, 0.15) is 23.7 Å². The normalized spacial score (nSPS) is 14.8. The number of para-hydroxylation sites is 1. The first kappa shape index (κ1) is 30.7. The second-order valence-corrected chi connectivity index (χ2v) is 11.2. The maximum Gasteiger partial charge on any atom is 0.408 e. The third-order valence-corrected chi connectivity index (χ3v) is 6.27. The monoisotopic (exact) mass is 529 g/mol. The number of benzene rings is 1. The molecule has 1 aromatic carbocycles. The van der Waals surface area contributed by atoms with Crippen molar-refractivity contribution in [3.8, 4) is 0 Å². The maximum atomic E-state index is 13.6. The molecule has 4 atom stereocenters. The lowest BCUT2D eigenvalue weighted by atomic mass is 9.96. The number of carbonyl (C=O) groups excluding carboxylic acids is 4. The second kappa shape index (κ2) is 13.3. The number of ether oxygens (including phenoxy) is 1. The zero-order valence-electron chi connectivity index (χ0n) is 23.5. The van der Waals surface area contributed by atoms with Gasteiger partial charge in [0, 0.05) is 23.5 Å². The van der Waals surface area contributed by atoms with Crippen LogP contribution < -0.4 is 21.7 Å². The smallest absolute Gasteiger partial charge is 0.408 e. The van der Waals surface area contributed by atoms with E-state index < -0.39 is 47.5 Å². The van der Waals surface area contributed by atoms with E-state index in [0.717, 1.165) is 16.5 Å². The van der Waals surface area contributed by atoms with Crippen molar-refractivity contribution in [1.82, 2.24) is 20.9 Å². The van der Waals surface area contributed by atoms with Crippen LogP contribution in [0.4, 0.5) is 4.79 Å². The molecule has 10 nitrogen and oxygen atoms in total. The van der Waals surface area contributed by atoms with Gasteiger partial charge in [-0.1, -0.05) is 52.3 Å². The van der Waals surface area contributed by atoms with E-state index in [0.29, 0.717) is 12.8 Å². The molecule has 38 heavy (non-hydrogen) atoms. The Hall–Kier alpha value is -3.56. The van der Waals surface area contributed by atoms with Gasteiger partial charge in [0.05, 0.1) is 0 Å². The number of amides is 4. The summed E-state index contributed by atoms with van der Waals surface area (Å²) < 4.78 is 5.39. The van der Waals surface area contributed by atoms with Crippen LogP contribution in [-0.2, 0) is 25.5 Å². The van der Waals surface area contributed by atoms with Crippen LogP contribution in [0.5, 0.6) is 0 Å². The number of aromatic nitrogens is 1. The van der Waals surface area contributed by atoms with Gasteiger partial charge < -0.3 is 31.4 Å². The SMILES string of the molecule is CC[C@@H](C)[C@H](NC(=O)[C@@H](Cc1c[nH]c2ccccc12)NC(=O)OC(C)(C)C)C(=O)N[C@@H](CC(C)C)C(N)=O. The molecule has 0 fully saturated rings. The highest BCUT2D eigenvalue weighted by Crippen LogP contribution is 2.20. The number of aromatic amines is 1. The third-order valence-electron chi connectivity index (χ3n) is 6.27. The zero-order valence-corrected chi connectivity index (χ0v) is 23.5. The number of H-pyrrole nitrogens is 1. The fourth-order valence-corrected chi connectivity index (χ4v) is 4.11. The lowest BCUT2D eigenvalue weighted by molar-refractivity contribution is -0.133. The first-order valence-electron chi connectivity index (χ1n) is 13.2. The summed E-state index contributed by atoms with van der Waals surface area (Å²) in [5, 5.41) is 9.11. The molecular weight excluding hydrogens is 486 g/mol. The van der Waals surface area contributed by atoms with Crippen LogP contribution in [0.15, 0.2) is 30.5 Å². The fourth-order valence-electron chi connectivity index (χ4n) is 4.11. The Labute approximate surface area is 224 Å². The number of primary amides is 1. The molecule has 2 rings (SSSR count). The predicted molar refractivity (Wildman–Crippen MR) is 147 cm³/mol. The Kier molecular flexibility index (Phi) is 10.7.